The maximum Gasteiger partial charge on any atom is 0.126 e. The fraction of sp³-hybridized carbons (Fsp3) is 0.500. The molecule has 0 radical (unpaired) electrons. The van der Waals surface area contributed by atoms with E-state index in [1.54, 1.807) is 6.07 Å². The summed E-state index contributed by atoms with van der Waals surface area (Å²) in [5.74, 6) is 2.04. The topological polar surface area (TPSA) is 26.0 Å². The van der Waals surface area contributed by atoms with Gasteiger partial charge in [-0.3, -0.25) is 0 Å². The Labute approximate surface area is 95.2 Å². The van der Waals surface area contributed by atoms with Crippen LogP contribution < -0.4 is 5.73 Å². The van der Waals surface area contributed by atoms with Gasteiger partial charge in [-0.05, 0) is 36.0 Å². The zero-order valence-electron chi connectivity index (χ0n) is 9.08. The van der Waals surface area contributed by atoms with E-state index in [1.165, 1.54) is 6.07 Å². The van der Waals surface area contributed by atoms with Crippen molar-refractivity contribution in [2.75, 3.05) is 11.5 Å². The first-order chi connectivity index (χ1) is 7.24. The van der Waals surface area contributed by atoms with Crippen molar-refractivity contribution >= 4 is 11.8 Å². The van der Waals surface area contributed by atoms with E-state index in [4.69, 9.17) is 5.73 Å². The maximum atomic E-state index is 13.3. The van der Waals surface area contributed by atoms with Gasteiger partial charge in [-0.2, -0.15) is 11.8 Å². The third-order valence-electron chi connectivity index (χ3n) is 2.28. The Balaban J connectivity index is 2.37. The van der Waals surface area contributed by atoms with Crippen molar-refractivity contribution in [3.8, 4) is 0 Å². The molecule has 0 aliphatic carbocycles. The minimum absolute atomic E-state index is 0.0703. The average Bonchev–Trinajstić information content (AvgIpc) is 2.22. The third kappa shape index (κ3) is 4.67. The molecule has 15 heavy (non-hydrogen) atoms. The van der Waals surface area contributed by atoms with Crippen molar-refractivity contribution < 1.29 is 4.39 Å². The van der Waals surface area contributed by atoms with Gasteiger partial charge in [0.15, 0.2) is 0 Å². The second kappa shape index (κ2) is 6.85. The van der Waals surface area contributed by atoms with Crippen LogP contribution in [-0.2, 0) is 6.42 Å². The van der Waals surface area contributed by atoms with E-state index in [9.17, 15) is 4.39 Å². The van der Waals surface area contributed by atoms with Crippen LogP contribution in [-0.4, -0.2) is 17.5 Å². The van der Waals surface area contributed by atoms with Crippen molar-refractivity contribution in [1.29, 1.82) is 0 Å². The van der Waals surface area contributed by atoms with Gasteiger partial charge in [-0.1, -0.05) is 25.1 Å². The summed E-state index contributed by atoms with van der Waals surface area (Å²) >= 11 is 1.88. The quantitative estimate of drug-likeness (QED) is 0.756. The van der Waals surface area contributed by atoms with Gasteiger partial charge in [0.1, 0.15) is 5.82 Å². The highest BCUT2D eigenvalue weighted by Crippen LogP contribution is 2.11. The molecule has 3 heteroatoms. The minimum Gasteiger partial charge on any atom is -0.327 e. The molecule has 0 bridgehead atoms. The van der Waals surface area contributed by atoms with E-state index in [1.807, 2.05) is 23.9 Å². The molecule has 1 aromatic rings. The van der Waals surface area contributed by atoms with Crippen LogP contribution in [0, 0.1) is 5.82 Å². The molecule has 0 fully saturated rings. The zero-order valence-corrected chi connectivity index (χ0v) is 9.90. The second-order valence-corrected chi connectivity index (χ2v) is 4.94. The molecule has 1 atom stereocenters. The lowest BCUT2D eigenvalue weighted by Gasteiger charge is -2.11. The average molecular weight is 227 g/mol. The van der Waals surface area contributed by atoms with Crippen LogP contribution in [0.2, 0.25) is 0 Å². The monoisotopic (exact) mass is 227 g/mol. The van der Waals surface area contributed by atoms with E-state index in [2.05, 4.69) is 6.92 Å². The van der Waals surface area contributed by atoms with Crippen LogP contribution in [0.5, 0.6) is 0 Å². The normalized spacial score (nSPS) is 12.7. The molecule has 2 N–H and O–H groups in total. The summed E-state index contributed by atoms with van der Waals surface area (Å²) in [4.78, 5) is 0. The van der Waals surface area contributed by atoms with E-state index in [-0.39, 0.29) is 11.9 Å². The summed E-state index contributed by atoms with van der Waals surface area (Å²) in [6, 6.07) is 6.93. The fourth-order valence-corrected chi connectivity index (χ4v) is 2.19. The maximum absolute atomic E-state index is 13.3. The molecule has 1 rings (SSSR count). The Morgan fingerprint density at radius 3 is 2.80 bits per heavy atom. The second-order valence-electron chi connectivity index (χ2n) is 3.54. The molecule has 84 valence electrons. The van der Waals surface area contributed by atoms with Gasteiger partial charge < -0.3 is 5.73 Å². The van der Waals surface area contributed by atoms with E-state index >= 15 is 0 Å². The van der Waals surface area contributed by atoms with Crippen molar-refractivity contribution in [2.24, 2.45) is 5.73 Å². The van der Waals surface area contributed by atoms with Crippen molar-refractivity contribution in [1.82, 2.24) is 0 Å². The Hall–Kier alpha value is -0.540. The Morgan fingerprint density at radius 2 is 2.13 bits per heavy atom. The highest BCUT2D eigenvalue weighted by atomic mass is 32.2. The molecule has 1 nitrogen and oxygen atoms in total. The van der Waals surface area contributed by atoms with Crippen LogP contribution in [0.15, 0.2) is 24.3 Å². The summed E-state index contributed by atoms with van der Waals surface area (Å²) in [5, 5.41) is 0. The molecule has 1 aromatic carbocycles. The van der Waals surface area contributed by atoms with E-state index < -0.39 is 0 Å². The van der Waals surface area contributed by atoms with Gasteiger partial charge in [0.2, 0.25) is 0 Å². The summed E-state index contributed by atoms with van der Waals surface area (Å²) < 4.78 is 13.3. The lowest BCUT2D eigenvalue weighted by atomic mass is 10.0. The Morgan fingerprint density at radius 1 is 1.40 bits per heavy atom. The van der Waals surface area contributed by atoms with Crippen LogP contribution in [0.1, 0.15) is 18.9 Å². The number of halogens is 1. The molecule has 1 unspecified atom stereocenters. The highest BCUT2D eigenvalue weighted by Gasteiger charge is 2.07. The standard InChI is InChI=1S/C12H18FNS/c1-2-15-8-7-11(14)9-10-5-3-4-6-12(10)13/h3-6,11H,2,7-9,14H2,1H3. The summed E-state index contributed by atoms with van der Waals surface area (Å²) in [6.45, 7) is 2.13. The van der Waals surface area contributed by atoms with Crippen LogP contribution >= 0.6 is 11.8 Å². The van der Waals surface area contributed by atoms with Gasteiger partial charge in [-0.15, -0.1) is 0 Å². The number of thioether (sulfide) groups is 1. The first-order valence-corrected chi connectivity index (χ1v) is 6.46. The molecule has 0 spiro atoms. The predicted octanol–water partition coefficient (Wildman–Crippen LogP) is 2.84. The Kier molecular flexibility index (Phi) is 5.73. The first-order valence-electron chi connectivity index (χ1n) is 5.30. The third-order valence-corrected chi connectivity index (χ3v) is 3.21. The lowest BCUT2D eigenvalue weighted by molar-refractivity contribution is 0.580. The number of hydrogen-bond acceptors (Lipinski definition) is 2. The number of rotatable bonds is 6. The molecular formula is C12H18FNS. The molecule has 0 amide bonds. The molecule has 0 aromatic heterocycles. The van der Waals surface area contributed by atoms with Crippen LogP contribution in [0.3, 0.4) is 0 Å². The largest absolute Gasteiger partial charge is 0.327 e. The number of benzene rings is 1. The SMILES string of the molecule is CCSCCC(N)Cc1ccccc1F. The Bertz CT molecular complexity index is 291. The van der Waals surface area contributed by atoms with E-state index in [0.29, 0.717) is 6.42 Å². The van der Waals surface area contributed by atoms with Gasteiger partial charge in [0.05, 0.1) is 0 Å². The van der Waals surface area contributed by atoms with Gasteiger partial charge in [-0.25, -0.2) is 4.39 Å². The number of nitrogens with two attached hydrogens (primary N) is 1. The molecule has 0 aliphatic rings. The van der Waals surface area contributed by atoms with Gasteiger partial charge in [0.25, 0.3) is 0 Å². The van der Waals surface area contributed by atoms with E-state index in [0.717, 1.165) is 23.5 Å². The fourth-order valence-electron chi connectivity index (χ4n) is 1.43. The highest BCUT2D eigenvalue weighted by molar-refractivity contribution is 7.99. The number of hydrogen-bond donors (Lipinski definition) is 1. The molecule has 0 aliphatic heterocycles. The molecule has 0 saturated heterocycles. The minimum atomic E-state index is -0.143. The van der Waals surface area contributed by atoms with Crippen molar-refractivity contribution in [3.63, 3.8) is 0 Å². The first kappa shape index (κ1) is 12.5. The molecule has 0 saturated carbocycles. The molecule has 0 heterocycles. The van der Waals surface area contributed by atoms with Crippen molar-refractivity contribution in [3.05, 3.63) is 35.6 Å². The smallest absolute Gasteiger partial charge is 0.126 e. The van der Waals surface area contributed by atoms with Gasteiger partial charge in [0, 0.05) is 6.04 Å². The zero-order chi connectivity index (χ0) is 11.1. The van der Waals surface area contributed by atoms with Gasteiger partial charge >= 0.3 is 0 Å². The summed E-state index contributed by atoms with van der Waals surface area (Å²) in [7, 11) is 0. The van der Waals surface area contributed by atoms with Crippen molar-refractivity contribution in [2.45, 2.75) is 25.8 Å². The predicted molar refractivity (Wildman–Crippen MR) is 65.7 cm³/mol. The molecular weight excluding hydrogens is 209 g/mol. The van der Waals surface area contributed by atoms with Crippen LogP contribution in [0.4, 0.5) is 4.39 Å². The summed E-state index contributed by atoms with van der Waals surface area (Å²) in [5.41, 5.74) is 6.66. The summed E-state index contributed by atoms with van der Waals surface area (Å²) in [6.07, 6.45) is 1.59. The lowest BCUT2D eigenvalue weighted by Crippen LogP contribution is -2.24. The van der Waals surface area contributed by atoms with Crippen LogP contribution in [0.25, 0.3) is 0 Å².